The van der Waals surface area contributed by atoms with Crippen LogP contribution in [0.2, 0.25) is 0 Å². The average Bonchev–Trinajstić information content (AvgIpc) is 2.46. The molecule has 0 saturated heterocycles. The summed E-state index contributed by atoms with van der Waals surface area (Å²) in [5.74, 6) is 0. The number of nitro benzene ring substituents is 1. The first-order chi connectivity index (χ1) is 10.0. The molecule has 0 radical (unpaired) electrons. The van der Waals surface area contributed by atoms with E-state index in [1.807, 2.05) is 12.1 Å². The van der Waals surface area contributed by atoms with E-state index < -0.39 is 4.92 Å². The van der Waals surface area contributed by atoms with Crippen molar-refractivity contribution >= 4 is 27.3 Å². The summed E-state index contributed by atoms with van der Waals surface area (Å²) in [5, 5.41) is 23.2. The summed E-state index contributed by atoms with van der Waals surface area (Å²) in [6, 6.07) is 12.6. The number of aryl methyl sites for hydroxylation is 1. The van der Waals surface area contributed by atoms with Gasteiger partial charge in [-0.3, -0.25) is 10.1 Å². The Morgan fingerprint density at radius 2 is 2.10 bits per heavy atom. The van der Waals surface area contributed by atoms with Crippen molar-refractivity contribution in [2.24, 2.45) is 0 Å². The van der Waals surface area contributed by atoms with E-state index in [0.717, 1.165) is 10.0 Å². The Morgan fingerprint density at radius 1 is 1.38 bits per heavy atom. The van der Waals surface area contributed by atoms with Gasteiger partial charge >= 0.3 is 0 Å². The minimum absolute atomic E-state index is 0.0641. The lowest BCUT2D eigenvalue weighted by atomic mass is 10.1. The van der Waals surface area contributed by atoms with E-state index in [2.05, 4.69) is 27.3 Å². The largest absolute Gasteiger partial charge is 0.380 e. The number of benzene rings is 2. The van der Waals surface area contributed by atoms with Gasteiger partial charge in [0.1, 0.15) is 0 Å². The molecule has 2 rings (SSSR count). The lowest BCUT2D eigenvalue weighted by Crippen LogP contribution is -2.03. The van der Waals surface area contributed by atoms with Gasteiger partial charge in [0.25, 0.3) is 5.69 Å². The van der Waals surface area contributed by atoms with Gasteiger partial charge in [-0.15, -0.1) is 0 Å². The molecule has 21 heavy (non-hydrogen) atoms. The van der Waals surface area contributed by atoms with Gasteiger partial charge in [-0.2, -0.15) is 5.26 Å². The summed E-state index contributed by atoms with van der Waals surface area (Å²) in [4.78, 5) is 10.6. The SMILES string of the molecule is Cc1cc(Br)c(NCc2ccccc2C#N)cc1[N+](=O)[O-]. The van der Waals surface area contributed by atoms with Crippen molar-refractivity contribution in [3.8, 4) is 6.07 Å². The number of anilines is 1. The third-order valence-electron chi connectivity index (χ3n) is 3.09. The molecule has 2 aromatic carbocycles. The summed E-state index contributed by atoms with van der Waals surface area (Å²) in [6.07, 6.45) is 0. The van der Waals surface area contributed by atoms with E-state index in [1.54, 1.807) is 25.1 Å². The smallest absolute Gasteiger partial charge is 0.274 e. The zero-order chi connectivity index (χ0) is 15.4. The normalized spacial score (nSPS) is 9.95. The predicted octanol–water partition coefficient (Wildman–Crippen LogP) is 4.15. The number of hydrogen-bond acceptors (Lipinski definition) is 4. The van der Waals surface area contributed by atoms with E-state index in [0.29, 0.717) is 23.4 Å². The zero-order valence-corrected chi connectivity index (χ0v) is 12.8. The maximum absolute atomic E-state index is 11.0. The molecule has 0 aromatic heterocycles. The van der Waals surface area contributed by atoms with Gasteiger partial charge in [0, 0.05) is 22.6 Å². The van der Waals surface area contributed by atoms with Crippen LogP contribution >= 0.6 is 15.9 Å². The molecule has 5 nitrogen and oxygen atoms in total. The highest BCUT2D eigenvalue weighted by Gasteiger charge is 2.14. The Kier molecular flexibility index (Phi) is 4.55. The van der Waals surface area contributed by atoms with Crippen molar-refractivity contribution < 1.29 is 4.92 Å². The van der Waals surface area contributed by atoms with Crippen molar-refractivity contribution in [1.82, 2.24) is 0 Å². The molecule has 0 aliphatic carbocycles. The third-order valence-corrected chi connectivity index (χ3v) is 3.75. The van der Waals surface area contributed by atoms with Gasteiger partial charge < -0.3 is 5.32 Å². The molecule has 0 aliphatic rings. The third kappa shape index (κ3) is 3.38. The van der Waals surface area contributed by atoms with Crippen molar-refractivity contribution in [2.45, 2.75) is 13.5 Å². The van der Waals surface area contributed by atoms with Gasteiger partial charge in [-0.05, 0) is 40.5 Å². The molecule has 2 aromatic rings. The molecule has 0 fully saturated rings. The standard InChI is InChI=1S/C15H12BrN3O2/c1-10-6-13(16)14(7-15(10)19(20)21)18-9-12-5-3-2-4-11(12)8-17/h2-7,18H,9H2,1H3. The monoisotopic (exact) mass is 345 g/mol. The molecular weight excluding hydrogens is 334 g/mol. The summed E-state index contributed by atoms with van der Waals surface area (Å²) in [5.41, 5.74) is 2.71. The predicted molar refractivity (Wildman–Crippen MR) is 84.0 cm³/mol. The minimum Gasteiger partial charge on any atom is -0.380 e. The van der Waals surface area contributed by atoms with E-state index >= 15 is 0 Å². The van der Waals surface area contributed by atoms with E-state index in [9.17, 15) is 10.1 Å². The molecule has 0 heterocycles. The molecule has 0 saturated carbocycles. The fourth-order valence-electron chi connectivity index (χ4n) is 1.97. The van der Waals surface area contributed by atoms with Crippen LogP contribution < -0.4 is 5.32 Å². The van der Waals surface area contributed by atoms with Crippen LogP contribution in [-0.2, 0) is 6.54 Å². The number of nitriles is 1. The summed E-state index contributed by atoms with van der Waals surface area (Å²) >= 11 is 3.39. The van der Waals surface area contributed by atoms with Crippen LogP contribution in [0.5, 0.6) is 0 Å². The molecule has 0 unspecified atom stereocenters. The summed E-state index contributed by atoms with van der Waals surface area (Å²) < 4.78 is 0.750. The van der Waals surface area contributed by atoms with Crippen LogP contribution in [0.25, 0.3) is 0 Å². The van der Waals surface area contributed by atoms with E-state index in [-0.39, 0.29) is 5.69 Å². The second kappa shape index (κ2) is 6.37. The van der Waals surface area contributed by atoms with Gasteiger partial charge in [0.15, 0.2) is 0 Å². The highest BCUT2D eigenvalue weighted by molar-refractivity contribution is 9.10. The Hall–Kier alpha value is -2.39. The molecule has 6 heteroatoms. The van der Waals surface area contributed by atoms with Crippen molar-refractivity contribution in [1.29, 1.82) is 5.26 Å². The van der Waals surface area contributed by atoms with Crippen LogP contribution in [0.15, 0.2) is 40.9 Å². The number of nitrogens with zero attached hydrogens (tertiary/aromatic N) is 2. The van der Waals surface area contributed by atoms with Crippen LogP contribution in [0, 0.1) is 28.4 Å². The van der Waals surface area contributed by atoms with Crippen LogP contribution in [0.3, 0.4) is 0 Å². The number of nitrogens with one attached hydrogen (secondary N) is 1. The Bertz CT molecular complexity index is 738. The lowest BCUT2D eigenvalue weighted by molar-refractivity contribution is -0.385. The van der Waals surface area contributed by atoms with Gasteiger partial charge in [0.2, 0.25) is 0 Å². The second-order valence-corrected chi connectivity index (χ2v) is 5.35. The number of rotatable bonds is 4. The number of halogens is 1. The molecule has 1 N–H and O–H groups in total. The lowest BCUT2D eigenvalue weighted by Gasteiger charge is -2.10. The van der Waals surface area contributed by atoms with Crippen LogP contribution in [-0.4, -0.2) is 4.92 Å². The van der Waals surface area contributed by atoms with E-state index in [1.165, 1.54) is 6.07 Å². The maximum atomic E-state index is 11.0. The first-order valence-electron chi connectivity index (χ1n) is 6.19. The Balaban J connectivity index is 2.26. The minimum atomic E-state index is -0.407. The van der Waals surface area contributed by atoms with Crippen molar-refractivity contribution in [3.05, 3.63) is 67.7 Å². The van der Waals surface area contributed by atoms with Gasteiger partial charge in [-0.25, -0.2) is 0 Å². The second-order valence-electron chi connectivity index (χ2n) is 4.50. The highest BCUT2D eigenvalue weighted by Crippen LogP contribution is 2.31. The molecule has 0 aliphatic heterocycles. The zero-order valence-electron chi connectivity index (χ0n) is 11.3. The molecule has 106 valence electrons. The fourth-order valence-corrected chi connectivity index (χ4v) is 2.57. The summed E-state index contributed by atoms with van der Waals surface area (Å²) in [6.45, 7) is 2.11. The topological polar surface area (TPSA) is 79.0 Å². The maximum Gasteiger partial charge on any atom is 0.274 e. The number of hydrogen-bond donors (Lipinski definition) is 1. The van der Waals surface area contributed by atoms with Crippen LogP contribution in [0.4, 0.5) is 11.4 Å². The van der Waals surface area contributed by atoms with Gasteiger partial charge in [-0.1, -0.05) is 18.2 Å². The molecule has 0 amide bonds. The van der Waals surface area contributed by atoms with Crippen molar-refractivity contribution in [2.75, 3.05) is 5.32 Å². The molecule has 0 spiro atoms. The first kappa shape index (κ1) is 15.0. The van der Waals surface area contributed by atoms with Crippen LogP contribution in [0.1, 0.15) is 16.7 Å². The highest BCUT2D eigenvalue weighted by atomic mass is 79.9. The quantitative estimate of drug-likeness (QED) is 0.666. The molecular formula is C15H12BrN3O2. The first-order valence-corrected chi connectivity index (χ1v) is 6.98. The molecule has 0 bridgehead atoms. The number of nitro groups is 1. The summed E-state index contributed by atoms with van der Waals surface area (Å²) in [7, 11) is 0. The van der Waals surface area contributed by atoms with Crippen molar-refractivity contribution in [3.63, 3.8) is 0 Å². The Morgan fingerprint density at radius 3 is 2.76 bits per heavy atom. The fraction of sp³-hybridized carbons (Fsp3) is 0.133. The molecule has 0 atom stereocenters. The van der Waals surface area contributed by atoms with Gasteiger partial charge in [0.05, 0.1) is 22.2 Å². The average molecular weight is 346 g/mol. The Labute approximate surface area is 130 Å². The van der Waals surface area contributed by atoms with E-state index in [4.69, 9.17) is 5.26 Å².